The fourth-order valence-corrected chi connectivity index (χ4v) is 4.31. The van der Waals surface area contributed by atoms with Gasteiger partial charge in [0.15, 0.2) is 0 Å². The summed E-state index contributed by atoms with van der Waals surface area (Å²) in [4.78, 5) is 19.2. The van der Waals surface area contributed by atoms with Gasteiger partial charge in [0, 0.05) is 44.1 Å². The average Bonchev–Trinajstić information content (AvgIpc) is 2.84. The molecular formula is C25H34N4O2. The van der Waals surface area contributed by atoms with Crippen molar-refractivity contribution in [3.8, 4) is 5.75 Å². The molecule has 31 heavy (non-hydrogen) atoms. The molecule has 2 aliphatic heterocycles. The molecule has 2 aromatic rings. The van der Waals surface area contributed by atoms with Crippen molar-refractivity contribution in [1.82, 2.24) is 9.80 Å². The molecule has 0 spiro atoms. The zero-order chi connectivity index (χ0) is 21.3. The Kier molecular flexibility index (Phi) is 7.66. The first-order valence-corrected chi connectivity index (χ1v) is 11.6. The highest BCUT2D eigenvalue weighted by molar-refractivity contribution is 5.89. The van der Waals surface area contributed by atoms with Gasteiger partial charge in [-0.2, -0.15) is 0 Å². The fraction of sp³-hybridized carbons (Fsp3) is 0.480. The van der Waals surface area contributed by atoms with Crippen LogP contribution in [0.3, 0.4) is 0 Å². The molecule has 2 heterocycles. The van der Waals surface area contributed by atoms with E-state index >= 15 is 0 Å². The summed E-state index contributed by atoms with van der Waals surface area (Å²) in [5, 5.41) is 2.97. The van der Waals surface area contributed by atoms with Crippen LogP contribution >= 0.6 is 0 Å². The number of rotatable bonds is 7. The molecule has 2 aromatic carbocycles. The first kappa shape index (κ1) is 21.5. The van der Waals surface area contributed by atoms with E-state index in [0.29, 0.717) is 13.1 Å². The molecule has 4 rings (SSSR count). The summed E-state index contributed by atoms with van der Waals surface area (Å²) in [5.41, 5.74) is 2.02. The number of piperidine rings is 1. The van der Waals surface area contributed by atoms with Gasteiger partial charge in [-0.3, -0.25) is 0 Å². The standard InChI is InChI=1S/C25H34N4O2/c30-25(26-22-8-3-1-4-9-22)29-19-17-28(18-20-29)23-10-12-24(13-11-23)31-21-7-16-27-14-5-2-6-15-27/h1,3-4,8-13H,2,5-7,14-21H2,(H,26,30). The van der Waals surface area contributed by atoms with Gasteiger partial charge < -0.3 is 24.8 Å². The van der Waals surface area contributed by atoms with E-state index in [0.717, 1.165) is 44.1 Å². The highest BCUT2D eigenvalue weighted by Gasteiger charge is 2.21. The number of piperazine rings is 1. The second kappa shape index (κ2) is 11.0. The van der Waals surface area contributed by atoms with Crippen LogP contribution in [-0.2, 0) is 0 Å². The molecular weight excluding hydrogens is 388 g/mol. The first-order valence-electron chi connectivity index (χ1n) is 11.6. The van der Waals surface area contributed by atoms with Crippen LogP contribution < -0.4 is 15.0 Å². The Morgan fingerprint density at radius 2 is 1.55 bits per heavy atom. The second-order valence-electron chi connectivity index (χ2n) is 8.37. The maximum absolute atomic E-state index is 12.5. The van der Waals surface area contributed by atoms with E-state index in [1.807, 2.05) is 35.2 Å². The maximum atomic E-state index is 12.5. The molecule has 0 atom stereocenters. The quantitative estimate of drug-likeness (QED) is 0.676. The van der Waals surface area contributed by atoms with E-state index in [1.54, 1.807) is 0 Å². The number of amides is 2. The average molecular weight is 423 g/mol. The highest BCUT2D eigenvalue weighted by Crippen LogP contribution is 2.21. The van der Waals surface area contributed by atoms with Crippen LogP contribution in [0.2, 0.25) is 0 Å². The van der Waals surface area contributed by atoms with Crippen molar-refractivity contribution < 1.29 is 9.53 Å². The number of hydrogen-bond donors (Lipinski definition) is 1. The number of nitrogens with zero attached hydrogens (tertiary/aromatic N) is 3. The number of hydrogen-bond acceptors (Lipinski definition) is 4. The van der Waals surface area contributed by atoms with Crippen molar-refractivity contribution in [2.75, 3.05) is 62.6 Å². The topological polar surface area (TPSA) is 48.1 Å². The van der Waals surface area contributed by atoms with Gasteiger partial charge in [0.25, 0.3) is 0 Å². The largest absolute Gasteiger partial charge is 0.494 e. The molecule has 0 aliphatic carbocycles. The molecule has 0 radical (unpaired) electrons. The number of carbonyl (C=O) groups excluding carboxylic acids is 1. The van der Waals surface area contributed by atoms with E-state index in [9.17, 15) is 4.79 Å². The van der Waals surface area contributed by atoms with Gasteiger partial charge in [-0.25, -0.2) is 4.79 Å². The molecule has 2 aliphatic rings. The minimum absolute atomic E-state index is 0.0286. The van der Waals surface area contributed by atoms with Gasteiger partial charge in [0.1, 0.15) is 5.75 Å². The van der Waals surface area contributed by atoms with Crippen LogP contribution in [0.15, 0.2) is 54.6 Å². The van der Waals surface area contributed by atoms with Crippen LogP contribution in [-0.4, -0.2) is 68.3 Å². The molecule has 166 valence electrons. The fourth-order valence-electron chi connectivity index (χ4n) is 4.31. The van der Waals surface area contributed by atoms with Gasteiger partial charge in [-0.15, -0.1) is 0 Å². The number of para-hydroxylation sites is 1. The van der Waals surface area contributed by atoms with Gasteiger partial charge in [-0.05, 0) is 68.8 Å². The third kappa shape index (κ3) is 6.37. The lowest BCUT2D eigenvalue weighted by molar-refractivity contribution is 0.205. The summed E-state index contributed by atoms with van der Waals surface area (Å²) >= 11 is 0. The normalized spacial score (nSPS) is 17.4. The van der Waals surface area contributed by atoms with Crippen molar-refractivity contribution in [3.63, 3.8) is 0 Å². The number of ether oxygens (including phenoxy) is 1. The van der Waals surface area contributed by atoms with E-state index < -0.39 is 0 Å². The molecule has 0 aromatic heterocycles. The van der Waals surface area contributed by atoms with Crippen molar-refractivity contribution in [2.24, 2.45) is 0 Å². The molecule has 0 bridgehead atoms. The molecule has 0 saturated carbocycles. The van der Waals surface area contributed by atoms with Crippen LogP contribution in [0.5, 0.6) is 5.75 Å². The molecule has 2 fully saturated rings. The van der Waals surface area contributed by atoms with Crippen LogP contribution in [0.1, 0.15) is 25.7 Å². The number of carbonyl (C=O) groups is 1. The van der Waals surface area contributed by atoms with E-state index in [-0.39, 0.29) is 6.03 Å². The Morgan fingerprint density at radius 1 is 0.839 bits per heavy atom. The van der Waals surface area contributed by atoms with Gasteiger partial charge in [-0.1, -0.05) is 24.6 Å². The molecule has 6 heteroatoms. The summed E-state index contributed by atoms with van der Waals surface area (Å²) in [6.07, 6.45) is 5.15. The number of benzene rings is 2. The van der Waals surface area contributed by atoms with Crippen molar-refractivity contribution in [2.45, 2.75) is 25.7 Å². The lowest BCUT2D eigenvalue weighted by Gasteiger charge is -2.36. The minimum Gasteiger partial charge on any atom is -0.494 e. The Hall–Kier alpha value is -2.73. The monoisotopic (exact) mass is 422 g/mol. The summed E-state index contributed by atoms with van der Waals surface area (Å²) < 4.78 is 5.94. The van der Waals surface area contributed by atoms with Crippen molar-refractivity contribution in [1.29, 1.82) is 0 Å². The van der Waals surface area contributed by atoms with Crippen LogP contribution in [0.4, 0.5) is 16.2 Å². The number of anilines is 2. The summed E-state index contributed by atoms with van der Waals surface area (Å²) in [7, 11) is 0. The van der Waals surface area contributed by atoms with E-state index in [4.69, 9.17) is 4.74 Å². The zero-order valence-corrected chi connectivity index (χ0v) is 18.3. The van der Waals surface area contributed by atoms with E-state index in [1.165, 1.54) is 38.0 Å². The Morgan fingerprint density at radius 3 is 2.26 bits per heavy atom. The summed E-state index contributed by atoms with van der Waals surface area (Å²) in [5.74, 6) is 0.934. The SMILES string of the molecule is O=C(Nc1ccccc1)N1CCN(c2ccc(OCCCN3CCCCC3)cc2)CC1. The minimum atomic E-state index is -0.0286. The van der Waals surface area contributed by atoms with E-state index in [2.05, 4.69) is 39.4 Å². The molecule has 6 nitrogen and oxygen atoms in total. The van der Waals surface area contributed by atoms with Gasteiger partial charge in [0.2, 0.25) is 0 Å². The number of likely N-dealkylation sites (tertiary alicyclic amines) is 1. The van der Waals surface area contributed by atoms with Crippen LogP contribution in [0, 0.1) is 0 Å². The number of nitrogens with one attached hydrogen (secondary N) is 1. The zero-order valence-electron chi connectivity index (χ0n) is 18.3. The smallest absolute Gasteiger partial charge is 0.321 e. The lowest BCUT2D eigenvalue weighted by atomic mass is 10.1. The Balaban J connectivity index is 1.17. The lowest BCUT2D eigenvalue weighted by Crippen LogP contribution is -2.50. The van der Waals surface area contributed by atoms with Crippen molar-refractivity contribution >= 4 is 17.4 Å². The summed E-state index contributed by atoms with van der Waals surface area (Å²) in [6, 6.07) is 18.0. The van der Waals surface area contributed by atoms with Gasteiger partial charge >= 0.3 is 6.03 Å². The molecule has 2 amide bonds. The molecule has 0 unspecified atom stereocenters. The predicted octanol–water partition coefficient (Wildman–Crippen LogP) is 4.30. The van der Waals surface area contributed by atoms with Crippen molar-refractivity contribution in [3.05, 3.63) is 54.6 Å². The van der Waals surface area contributed by atoms with Gasteiger partial charge in [0.05, 0.1) is 6.61 Å². The molecule has 2 saturated heterocycles. The Bertz CT molecular complexity index is 798. The third-order valence-corrected chi connectivity index (χ3v) is 6.13. The number of urea groups is 1. The molecule has 1 N–H and O–H groups in total. The Labute approximate surface area is 185 Å². The summed E-state index contributed by atoms with van der Waals surface area (Å²) in [6.45, 7) is 7.49. The first-order chi connectivity index (χ1) is 15.3. The maximum Gasteiger partial charge on any atom is 0.321 e. The van der Waals surface area contributed by atoms with Crippen LogP contribution in [0.25, 0.3) is 0 Å². The predicted molar refractivity (Wildman–Crippen MR) is 126 cm³/mol. The third-order valence-electron chi connectivity index (χ3n) is 6.13. The second-order valence-corrected chi connectivity index (χ2v) is 8.37. The highest BCUT2D eigenvalue weighted by atomic mass is 16.5.